The van der Waals surface area contributed by atoms with Gasteiger partial charge in [0.15, 0.2) is 6.10 Å². The largest absolute Gasteiger partial charge is 0.462 e. The van der Waals surface area contributed by atoms with Gasteiger partial charge in [0, 0.05) is 19.3 Å². The molecule has 1 atom stereocenters. The normalized spacial score (nSPS) is 12.4. The number of allylic oxidation sites excluding steroid dienone is 10. The predicted octanol–water partition coefficient (Wildman–Crippen LogP) is 25.1. The lowest BCUT2D eigenvalue weighted by Gasteiger charge is -2.18. The van der Waals surface area contributed by atoms with Gasteiger partial charge >= 0.3 is 17.9 Å². The van der Waals surface area contributed by atoms with Gasteiger partial charge in [0.1, 0.15) is 13.2 Å². The molecule has 0 N–H and O–H groups in total. The van der Waals surface area contributed by atoms with Gasteiger partial charge in [-0.3, -0.25) is 14.4 Å². The summed E-state index contributed by atoms with van der Waals surface area (Å²) in [5.41, 5.74) is 0. The summed E-state index contributed by atoms with van der Waals surface area (Å²) in [6, 6.07) is 0. The molecule has 0 aliphatic carbocycles. The Bertz CT molecular complexity index is 1460. The summed E-state index contributed by atoms with van der Waals surface area (Å²) in [5, 5.41) is 0. The first-order chi connectivity index (χ1) is 40.5. The molecule has 6 heteroatoms. The quantitative estimate of drug-likeness (QED) is 0.0261. The van der Waals surface area contributed by atoms with E-state index in [-0.39, 0.29) is 31.1 Å². The molecule has 0 spiro atoms. The maximum absolute atomic E-state index is 12.9. The van der Waals surface area contributed by atoms with Crippen molar-refractivity contribution in [3.63, 3.8) is 0 Å². The van der Waals surface area contributed by atoms with Crippen molar-refractivity contribution in [2.24, 2.45) is 0 Å². The summed E-state index contributed by atoms with van der Waals surface area (Å²) < 4.78 is 17.0. The Labute approximate surface area is 510 Å². The van der Waals surface area contributed by atoms with Gasteiger partial charge in [0.2, 0.25) is 0 Å². The molecule has 0 saturated heterocycles. The number of ether oxygens (including phenoxy) is 3. The molecule has 82 heavy (non-hydrogen) atoms. The molecule has 0 saturated carbocycles. The van der Waals surface area contributed by atoms with E-state index in [9.17, 15) is 14.4 Å². The summed E-state index contributed by atoms with van der Waals surface area (Å²) in [6.45, 7) is 6.65. The lowest BCUT2D eigenvalue weighted by molar-refractivity contribution is -0.167. The SMILES string of the molecule is CCCCC/C=C\CCCCCCCC(=O)OCC(COC(=O)CCCCCCCCCCCCCCCCCC/C=C\C/C=C\C/C=C\CCCCCCC)OC(=O)CCCCCCCCCCC/C=C\CCCCCCCCCC. The molecule has 478 valence electrons. The Morgan fingerprint density at radius 2 is 0.439 bits per heavy atom. The molecule has 0 aliphatic rings. The van der Waals surface area contributed by atoms with E-state index >= 15 is 0 Å². The van der Waals surface area contributed by atoms with E-state index in [1.54, 1.807) is 0 Å². The molecule has 0 aromatic rings. The highest BCUT2D eigenvalue weighted by Gasteiger charge is 2.19. The minimum Gasteiger partial charge on any atom is -0.462 e. The van der Waals surface area contributed by atoms with Crippen LogP contribution in [0.5, 0.6) is 0 Å². The Balaban J connectivity index is 4.18. The zero-order valence-electron chi connectivity index (χ0n) is 55.0. The Kier molecular flexibility index (Phi) is 68.1. The maximum Gasteiger partial charge on any atom is 0.306 e. The van der Waals surface area contributed by atoms with Crippen LogP contribution in [-0.2, 0) is 28.6 Å². The molecule has 0 aromatic carbocycles. The van der Waals surface area contributed by atoms with Crippen molar-refractivity contribution in [1.29, 1.82) is 0 Å². The van der Waals surface area contributed by atoms with Crippen LogP contribution in [0.2, 0.25) is 0 Å². The molecule has 0 heterocycles. The highest BCUT2D eigenvalue weighted by Crippen LogP contribution is 2.18. The standard InChI is InChI=1S/C76H138O6/c1-4-7-10-13-16-19-22-25-27-29-31-33-34-35-36-37-38-39-40-41-42-44-45-47-49-51-54-57-60-63-66-69-75(78)81-72-73(71-80-74(77)68-65-62-59-56-53-24-21-18-15-12-9-6-3)82-76(79)70-67-64-61-58-55-52-50-48-46-43-32-30-28-26-23-20-17-14-11-8-5-2/h18,21-22,25,29-32,34-35,73H,4-17,19-20,23-24,26-28,33,36-72H2,1-3H3/b21-18-,25-22-,31-29-,32-30-,35-34-. The molecule has 0 aliphatic heterocycles. The third kappa shape index (κ3) is 67.9. The predicted molar refractivity (Wildman–Crippen MR) is 358 cm³/mol. The van der Waals surface area contributed by atoms with Crippen LogP contribution in [0, 0.1) is 0 Å². The minimum atomic E-state index is -0.778. The van der Waals surface area contributed by atoms with Crippen molar-refractivity contribution in [3.8, 4) is 0 Å². The number of unbranched alkanes of at least 4 members (excludes halogenated alkanes) is 46. The number of carbonyl (C=O) groups excluding carboxylic acids is 3. The number of carbonyl (C=O) groups is 3. The fourth-order valence-corrected chi connectivity index (χ4v) is 10.7. The summed E-state index contributed by atoms with van der Waals surface area (Å²) in [6.07, 6.45) is 91.2. The van der Waals surface area contributed by atoms with Crippen LogP contribution in [0.4, 0.5) is 0 Å². The third-order valence-corrected chi connectivity index (χ3v) is 16.2. The van der Waals surface area contributed by atoms with Gasteiger partial charge in [0.25, 0.3) is 0 Å². The molecular weight excluding hydrogens is 1010 g/mol. The van der Waals surface area contributed by atoms with Crippen LogP contribution in [0.1, 0.15) is 387 Å². The van der Waals surface area contributed by atoms with Crippen LogP contribution < -0.4 is 0 Å². The fraction of sp³-hybridized carbons (Fsp3) is 0.829. The third-order valence-electron chi connectivity index (χ3n) is 16.2. The Morgan fingerprint density at radius 3 is 0.720 bits per heavy atom. The summed E-state index contributed by atoms with van der Waals surface area (Å²) in [7, 11) is 0. The highest BCUT2D eigenvalue weighted by molar-refractivity contribution is 5.71. The van der Waals surface area contributed by atoms with Crippen molar-refractivity contribution >= 4 is 17.9 Å². The van der Waals surface area contributed by atoms with Crippen molar-refractivity contribution < 1.29 is 28.6 Å². The van der Waals surface area contributed by atoms with Gasteiger partial charge in [-0.25, -0.2) is 0 Å². The van der Waals surface area contributed by atoms with Gasteiger partial charge in [-0.1, -0.05) is 319 Å². The molecule has 1 unspecified atom stereocenters. The van der Waals surface area contributed by atoms with E-state index in [1.807, 2.05) is 0 Å². The smallest absolute Gasteiger partial charge is 0.306 e. The summed E-state index contributed by atoms with van der Waals surface area (Å²) >= 11 is 0. The molecule has 0 radical (unpaired) electrons. The summed E-state index contributed by atoms with van der Waals surface area (Å²) in [4.78, 5) is 38.4. The lowest BCUT2D eigenvalue weighted by Crippen LogP contribution is -2.30. The topological polar surface area (TPSA) is 78.9 Å². The first-order valence-corrected chi connectivity index (χ1v) is 36.3. The zero-order chi connectivity index (χ0) is 59.2. The molecule has 0 bridgehead atoms. The van der Waals surface area contributed by atoms with E-state index < -0.39 is 6.10 Å². The Hall–Kier alpha value is -2.89. The summed E-state index contributed by atoms with van der Waals surface area (Å²) in [5.74, 6) is -0.863. The number of hydrogen-bond donors (Lipinski definition) is 0. The molecule has 0 fully saturated rings. The number of esters is 3. The molecule has 0 aromatic heterocycles. The molecule has 6 nitrogen and oxygen atoms in total. The number of hydrogen-bond acceptors (Lipinski definition) is 6. The van der Waals surface area contributed by atoms with Crippen LogP contribution in [-0.4, -0.2) is 37.2 Å². The van der Waals surface area contributed by atoms with Gasteiger partial charge in [0.05, 0.1) is 0 Å². The van der Waals surface area contributed by atoms with E-state index in [0.717, 1.165) is 77.0 Å². The second-order valence-corrected chi connectivity index (χ2v) is 24.5. The second kappa shape index (κ2) is 70.6. The second-order valence-electron chi connectivity index (χ2n) is 24.5. The van der Waals surface area contributed by atoms with E-state index in [1.165, 1.54) is 270 Å². The van der Waals surface area contributed by atoms with E-state index in [4.69, 9.17) is 14.2 Å². The first-order valence-electron chi connectivity index (χ1n) is 36.3. The molecule has 0 amide bonds. The zero-order valence-corrected chi connectivity index (χ0v) is 55.0. The highest BCUT2D eigenvalue weighted by atomic mass is 16.6. The van der Waals surface area contributed by atoms with Crippen LogP contribution in [0.15, 0.2) is 60.8 Å². The molecular formula is C76H138O6. The average Bonchev–Trinajstić information content (AvgIpc) is 3.47. The minimum absolute atomic E-state index is 0.0741. The van der Waals surface area contributed by atoms with Crippen molar-refractivity contribution in [1.82, 2.24) is 0 Å². The maximum atomic E-state index is 12.9. The van der Waals surface area contributed by atoms with Crippen molar-refractivity contribution in [2.45, 2.75) is 393 Å². The Morgan fingerprint density at radius 1 is 0.244 bits per heavy atom. The van der Waals surface area contributed by atoms with Gasteiger partial charge in [-0.2, -0.15) is 0 Å². The van der Waals surface area contributed by atoms with Gasteiger partial charge in [-0.15, -0.1) is 0 Å². The average molecular weight is 1150 g/mol. The van der Waals surface area contributed by atoms with Crippen molar-refractivity contribution in [3.05, 3.63) is 60.8 Å². The first kappa shape index (κ1) is 79.1. The fourth-order valence-electron chi connectivity index (χ4n) is 10.7. The van der Waals surface area contributed by atoms with Gasteiger partial charge < -0.3 is 14.2 Å². The number of rotatable bonds is 67. The van der Waals surface area contributed by atoms with E-state index in [0.29, 0.717) is 19.3 Å². The molecule has 0 rings (SSSR count). The van der Waals surface area contributed by atoms with Gasteiger partial charge in [-0.05, 0) is 109 Å². The monoisotopic (exact) mass is 1150 g/mol. The van der Waals surface area contributed by atoms with Crippen LogP contribution in [0.25, 0.3) is 0 Å². The van der Waals surface area contributed by atoms with Crippen LogP contribution >= 0.6 is 0 Å². The van der Waals surface area contributed by atoms with E-state index in [2.05, 4.69) is 81.5 Å². The lowest BCUT2D eigenvalue weighted by atomic mass is 10.0. The van der Waals surface area contributed by atoms with Crippen molar-refractivity contribution in [2.75, 3.05) is 13.2 Å². The van der Waals surface area contributed by atoms with Crippen LogP contribution in [0.3, 0.4) is 0 Å².